The summed E-state index contributed by atoms with van der Waals surface area (Å²) in [6, 6.07) is 4.80. The van der Waals surface area contributed by atoms with Crippen LogP contribution in [0, 0.1) is 5.82 Å². The van der Waals surface area contributed by atoms with Gasteiger partial charge in [-0.25, -0.2) is 9.18 Å². The number of ether oxygens (including phenoxy) is 1. The number of hydrogen-bond donors (Lipinski definition) is 1. The second-order valence-electron chi connectivity index (χ2n) is 6.19. The van der Waals surface area contributed by atoms with Crippen molar-refractivity contribution in [3.8, 4) is 0 Å². The molecule has 1 amide bonds. The fourth-order valence-electron chi connectivity index (χ4n) is 2.10. The molecule has 6 heteroatoms. The molecule has 1 N–H and O–H groups in total. The summed E-state index contributed by atoms with van der Waals surface area (Å²) in [6.45, 7) is 5.66. The van der Waals surface area contributed by atoms with Crippen molar-refractivity contribution in [1.82, 2.24) is 10.2 Å². The van der Waals surface area contributed by atoms with Gasteiger partial charge in [0.05, 0.1) is 13.7 Å². The van der Waals surface area contributed by atoms with Gasteiger partial charge < -0.3 is 10.1 Å². The average molecular weight is 310 g/mol. The number of esters is 1. The van der Waals surface area contributed by atoms with Crippen LogP contribution in [0.25, 0.3) is 0 Å². The maximum absolute atomic E-state index is 13.0. The van der Waals surface area contributed by atoms with Gasteiger partial charge in [-0.2, -0.15) is 0 Å². The molecule has 0 aliphatic carbocycles. The van der Waals surface area contributed by atoms with Crippen molar-refractivity contribution in [2.45, 2.75) is 32.4 Å². The molecule has 5 nitrogen and oxygen atoms in total. The maximum Gasteiger partial charge on any atom is 0.327 e. The lowest BCUT2D eigenvalue weighted by atomic mass is 10.1. The van der Waals surface area contributed by atoms with Gasteiger partial charge in [-0.15, -0.1) is 0 Å². The Morgan fingerprint density at radius 1 is 1.27 bits per heavy atom. The third-order valence-corrected chi connectivity index (χ3v) is 2.96. The number of carbonyl (C=O) groups is 2. The van der Waals surface area contributed by atoms with Crippen molar-refractivity contribution < 1.29 is 18.7 Å². The standard InChI is InChI=1S/C16H23FN2O3/c1-16(2,3)18-13(20)10-19(4)14(15(21)22-5)11-6-8-12(17)9-7-11/h6-9,14H,10H2,1-5H3,(H,18,20)/t14-/m1/s1. The van der Waals surface area contributed by atoms with Gasteiger partial charge in [0.25, 0.3) is 0 Å². The second kappa shape index (κ2) is 7.35. The van der Waals surface area contributed by atoms with E-state index in [1.165, 1.54) is 31.4 Å². The number of hydrogen-bond acceptors (Lipinski definition) is 4. The zero-order chi connectivity index (χ0) is 16.9. The molecule has 0 saturated carbocycles. The van der Waals surface area contributed by atoms with E-state index >= 15 is 0 Å². The van der Waals surface area contributed by atoms with Crippen LogP contribution in [-0.2, 0) is 14.3 Å². The van der Waals surface area contributed by atoms with E-state index in [4.69, 9.17) is 4.74 Å². The largest absolute Gasteiger partial charge is 0.468 e. The van der Waals surface area contributed by atoms with Gasteiger partial charge in [-0.05, 0) is 45.5 Å². The van der Waals surface area contributed by atoms with Gasteiger partial charge in [0.15, 0.2) is 0 Å². The zero-order valence-corrected chi connectivity index (χ0v) is 13.6. The highest BCUT2D eigenvalue weighted by Gasteiger charge is 2.28. The second-order valence-corrected chi connectivity index (χ2v) is 6.19. The number of benzene rings is 1. The molecule has 0 aliphatic rings. The number of rotatable bonds is 5. The van der Waals surface area contributed by atoms with Gasteiger partial charge in [-0.1, -0.05) is 12.1 Å². The van der Waals surface area contributed by atoms with E-state index in [1.807, 2.05) is 20.8 Å². The van der Waals surface area contributed by atoms with E-state index < -0.39 is 12.0 Å². The molecule has 0 aliphatic heterocycles. The normalized spacial score (nSPS) is 12.9. The molecule has 0 heterocycles. The molecule has 0 bridgehead atoms. The maximum atomic E-state index is 13.0. The molecule has 0 radical (unpaired) electrons. The molecule has 1 rings (SSSR count). The first-order valence-electron chi connectivity index (χ1n) is 6.98. The van der Waals surface area contributed by atoms with Crippen molar-refractivity contribution in [2.75, 3.05) is 20.7 Å². The van der Waals surface area contributed by atoms with Crippen molar-refractivity contribution in [1.29, 1.82) is 0 Å². The van der Waals surface area contributed by atoms with E-state index in [2.05, 4.69) is 5.32 Å². The molecular weight excluding hydrogens is 287 g/mol. The smallest absolute Gasteiger partial charge is 0.327 e. The van der Waals surface area contributed by atoms with E-state index in [1.54, 1.807) is 11.9 Å². The number of likely N-dealkylation sites (N-methyl/N-ethyl adjacent to an activating group) is 1. The Balaban J connectivity index is 2.90. The minimum Gasteiger partial charge on any atom is -0.468 e. The van der Waals surface area contributed by atoms with Crippen molar-refractivity contribution in [3.05, 3.63) is 35.6 Å². The van der Waals surface area contributed by atoms with Crippen molar-refractivity contribution in [2.24, 2.45) is 0 Å². The average Bonchev–Trinajstić information content (AvgIpc) is 2.38. The minimum atomic E-state index is -0.767. The highest BCUT2D eigenvalue weighted by atomic mass is 19.1. The summed E-state index contributed by atoms with van der Waals surface area (Å²) in [5, 5.41) is 2.83. The first-order chi connectivity index (χ1) is 10.1. The zero-order valence-electron chi connectivity index (χ0n) is 13.6. The SMILES string of the molecule is COC(=O)[C@@H](c1ccc(F)cc1)N(C)CC(=O)NC(C)(C)C. The first-order valence-corrected chi connectivity index (χ1v) is 6.98. The van der Waals surface area contributed by atoms with Crippen LogP contribution in [-0.4, -0.2) is 43.0 Å². The number of nitrogens with zero attached hydrogens (tertiary/aromatic N) is 1. The Hall–Kier alpha value is -1.95. The van der Waals surface area contributed by atoms with Crippen molar-refractivity contribution in [3.63, 3.8) is 0 Å². The summed E-state index contributed by atoms with van der Waals surface area (Å²) in [7, 11) is 2.93. The summed E-state index contributed by atoms with van der Waals surface area (Å²) in [6.07, 6.45) is 0. The van der Waals surface area contributed by atoms with Gasteiger partial charge in [0, 0.05) is 5.54 Å². The van der Waals surface area contributed by atoms with E-state index in [0.717, 1.165) is 0 Å². The van der Waals surface area contributed by atoms with E-state index in [9.17, 15) is 14.0 Å². The van der Waals surface area contributed by atoms with Gasteiger partial charge in [0.1, 0.15) is 11.9 Å². The van der Waals surface area contributed by atoms with Crippen molar-refractivity contribution >= 4 is 11.9 Å². The summed E-state index contributed by atoms with van der Waals surface area (Å²) in [4.78, 5) is 25.6. The van der Waals surface area contributed by atoms with Crippen LogP contribution >= 0.6 is 0 Å². The summed E-state index contributed by atoms with van der Waals surface area (Å²) < 4.78 is 17.8. The number of carbonyl (C=O) groups excluding carboxylic acids is 2. The van der Waals surface area contributed by atoms with Gasteiger partial charge in [0.2, 0.25) is 5.91 Å². The summed E-state index contributed by atoms with van der Waals surface area (Å²) in [5.74, 6) is -1.09. The Bertz CT molecular complexity index is 523. The Labute approximate surface area is 130 Å². The molecule has 1 aromatic rings. The molecule has 0 saturated heterocycles. The van der Waals surface area contributed by atoms with Gasteiger partial charge in [-0.3, -0.25) is 9.69 Å². The molecule has 1 atom stereocenters. The Kier molecular flexibility index (Phi) is 6.05. The Morgan fingerprint density at radius 3 is 2.27 bits per heavy atom. The monoisotopic (exact) mass is 310 g/mol. The van der Waals surface area contributed by atoms with Gasteiger partial charge >= 0.3 is 5.97 Å². The van der Waals surface area contributed by atoms with Crippen LogP contribution < -0.4 is 5.32 Å². The fourth-order valence-corrected chi connectivity index (χ4v) is 2.10. The quantitative estimate of drug-likeness (QED) is 0.844. The topological polar surface area (TPSA) is 58.6 Å². The predicted molar refractivity (Wildman–Crippen MR) is 81.7 cm³/mol. The summed E-state index contributed by atoms with van der Waals surface area (Å²) >= 11 is 0. The highest BCUT2D eigenvalue weighted by molar-refractivity contribution is 5.81. The lowest BCUT2D eigenvalue weighted by Gasteiger charge is -2.28. The van der Waals surface area contributed by atoms with Crippen LogP contribution in [0.15, 0.2) is 24.3 Å². The number of methoxy groups -OCH3 is 1. The molecule has 0 unspecified atom stereocenters. The van der Waals surface area contributed by atoms with E-state index in [-0.39, 0.29) is 23.8 Å². The number of nitrogens with one attached hydrogen (secondary N) is 1. The molecule has 22 heavy (non-hydrogen) atoms. The highest BCUT2D eigenvalue weighted by Crippen LogP contribution is 2.21. The van der Waals surface area contributed by atoms with Crippen LogP contribution in [0.4, 0.5) is 4.39 Å². The third-order valence-electron chi connectivity index (χ3n) is 2.96. The molecule has 1 aromatic carbocycles. The fraction of sp³-hybridized carbons (Fsp3) is 0.500. The molecule has 0 aromatic heterocycles. The summed E-state index contributed by atoms with van der Waals surface area (Å²) in [5.41, 5.74) is 0.216. The number of amides is 1. The molecule has 0 fully saturated rings. The Morgan fingerprint density at radius 2 is 1.82 bits per heavy atom. The lowest BCUT2D eigenvalue weighted by molar-refractivity contribution is -0.147. The van der Waals surface area contributed by atoms with E-state index in [0.29, 0.717) is 5.56 Å². The molecule has 0 spiro atoms. The first kappa shape index (κ1) is 18.1. The lowest BCUT2D eigenvalue weighted by Crippen LogP contribution is -2.46. The molecular formula is C16H23FN2O3. The predicted octanol–water partition coefficient (Wildman–Crippen LogP) is 1.89. The molecule has 122 valence electrons. The van der Waals surface area contributed by atoms with Crippen LogP contribution in [0.1, 0.15) is 32.4 Å². The minimum absolute atomic E-state index is 0.0222. The number of halogens is 1. The van der Waals surface area contributed by atoms with Crippen LogP contribution in [0.5, 0.6) is 0 Å². The third kappa shape index (κ3) is 5.44. The van der Waals surface area contributed by atoms with Crippen LogP contribution in [0.2, 0.25) is 0 Å². The van der Waals surface area contributed by atoms with Crippen LogP contribution in [0.3, 0.4) is 0 Å².